The van der Waals surface area contributed by atoms with E-state index >= 15 is 0 Å². The van der Waals surface area contributed by atoms with Crippen LogP contribution in [0.4, 0.5) is 0 Å². The minimum atomic E-state index is 0.219. The second kappa shape index (κ2) is 3.34. The van der Waals surface area contributed by atoms with Gasteiger partial charge in [-0.3, -0.25) is 0 Å². The number of aromatic nitrogens is 3. The number of rotatable bonds is 1. The summed E-state index contributed by atoms with van der Waals surface area (Å²) in [7, 11) is 0. The van der Waals surface area contributed by atoms with Gasteiger partial charge in [-0.25, -0.2) is 9.50 Å². The molecule has 1 aromatic carbocycles. The van der Waals surface area contributed by atoms with E-state index in [1.165, 1.54) is 0 Å². The largest absolute Gasteiger partial charge is 0.508 e. The van der Waals surface area contributed by atoms with Crippen LogP contribution in [0.15, 0.2) is 48.7 Å². The van der Waals surface area contributed by atoms with Gasteiger partial charge in [-0.2, -0.15) is 0 Å². The summed E-state index contributed by atoms with van der Waals surface area (Å²) in [6, 6.07) is 12.6. The summed E-state index contributed by atoms with van der Waals surface area (Å²) in [5.74, 6) is 0.832. The second-order valence-corrected chi connectivity index (χ2v) is 3.49. The molecule has 0 fully saturated rings. The van der Waals surface area contributed by atoms with E-state index in [9.17, 15) is 5.11 Å². The van der Waals surface area contributed by atoms with E-state index in [2.05, 4.69) is 10.1 Å². The van der Waals surface area contributed by atoms with Crippen molar-refractivity contribution < 1.29 is 5.11 Å². The predicted octanol–water partition coefficient (Wildman–Crippen LogP) is 2.10. The zero-order chi connectivity index (χ0) is 11.0. The monoisotopic (exact) mass is 211 g/mol. The lowest BCUT2D eigenvalue weighted by atomic mass is 10.2. The first kappa shape index (κ1) is 8.91. The Labute approximate surface area is 91.8 Å². The Morgan fingerprint density at radius 3 is 2.81 bits per heavy atom. The molecule has 16 heavy (non-hydrogen) atoms. The predicted molar refractivity (Wildman–Crippen MR) is 60.1 cm³/mol. The Hall–Kier alpha value is -2.36. The van der Waals surface area contributed by atoms with E-state index in [4.69, 9.17) is 0 Å². The zero-order valence-electron chi connectivity index (χ0n) is 8.41. The van der Waals surface area contributed by atoms with Crippen LogP contribution in [0.3, 0.4) is 0 Å². The van der Waals surface area contributed by atoms with Crippen LogP contribution in [0.5, 0.6) is 5.75 Å². The molecule has 0 radical (unpaired) electrons. The highest BCUT2D eigenvalue weighted by Gasteiger charge is 2.05. The molecule has 0 saturated carbocycles. The second-order valence-electron chi connectivity index (χ2n) is 3.49. The highest BCUT2D eigenvalue weighted by molar-refractivity contribution is 5.59. The molecule has 4 nitrogen and oxygen atoms in total. The molecule has 0 unspecified atom stereocenters. The maximum absolute atomic E-state index is 9.39. The van der Waals surface area contributed by atoms with Crippen molar-refractivity contribution >= 4 is 5.65 Å². The summed E-state index contributed by atoms with van der Waals surface area (Å²) in [5.41, 5.74) is 1.60. The Morgan fingerprint density at radius 1 is 1.06 bits per heavy atom. The van der Waals surface area contributed by atoms with E-state index in [1.807, 2.05) is 30.5 Å². The minimum absolute atomic E-state index is 0.219. The average molecular weight is 211 g/mol. The van der Waals surface area contributed by atoms with Gasteiger partial charge in [0.2, 0.25) is 0 Å². The summed E-state index contributed by atoms with van der Waals surface area (Å²) in [5, 5.41) is 13.7. The molecule has 0 amide bonds. The number of nitrogens with zero attached hydrogens (tertiary/aromatic N) is 3. The van der Waals surface area contributed by atoms with Crippen molar-refractivity contribution in [3.05, 3.63) is 48.7 Å². The summed E-state index contributed by atoms with van der Waals surface area (Å²) < 4.78 is 1.71. The molecular formula is C12H9N3O. The number of hydrogen-bond donors (Lipinski definition) is 1. The lowest BCUT2D eigenvalue weighted by molar-refractivity contribution is 0.475. The molecule has 78 valence electrons. The fraction of sp³-hybridized carbons (Fsp3) is 0. The number of benzene rings is 1. The lowest BCUT2D eigenvalue weighted by Crippen LogP contribution is -1.84. The van der Waals surface area contributed by atoms with E-state index in [0.717, 1.165) is 11.2 Å². The smallest absolute Gasteiger partial charge is 0.182 e. The van der Waals surface area contributed by atoms with Crippen molar-refractivity contribution in [2.45, 2.75) is 0 Å². The number of fused-ring (bicyclic) bond motifs is 1. The van der Waals surface area contributed by atoms with E-state index in [1.54, 1.807) is 22.7 Å². The minimum Gasteiger partial charge on any atom is -0.508 e. The Bertz CT molecular complexity index is 612. The number of phenolic OH excluding ortho intramolecular Hbond substituents is 1. The molecular weight excluding hydrogens is 202 g/mol. The van der Waals surface area contributed by atoms with E-state index in [0.29, 0.717) is 5.82 Å². The van der Waals surface area contributed by atoms with Crippen molar-refractivity contribution in [1.82, 2.24) is 14.6 Å². The van der Waals surface area contributed by atoms with Crippen LogP contribution < -0.4 is 0 Å². The highest BCUT2D eigenvalue weighted by Crippen LogP contribution is 2.20. The quantitative estimate of drug-likeness (QED) is 0.670. The third-order valence-electron chi connectivity index (χ3n) is 2.35. The van der Waals surface area contributed by atoms with E-state index in [-0.39, 0.29) is 5.75 Å². The third kappa shape index (κ3) is 1.40. The first-order chi connectivity index (χ1) is 7.83. The van der Waals surface area contributed by atoms with Gasteiger partial charge in [0.15, 0.2) is 11.5 Å². The lowest BCUT2D eigenvalue weighted by Gasteiger charge is -1.94. The van der Waals surface area contributed by atoms with Crippen LogP contribution in [0.2, 0.25) is 0 Å². The zero-order valence-corrected chi connectivity index (χ0v) is 8.41. The molecule has 0 atom stereocenters. The molecule has 0 spiro atoms. The summed E-state index contributed by atoms with van der Waals surface area (Å²) in [6.45, 7) is 0. The first-order valence-electron chi connectivity index (χ1n) is 4.94. The Morgan fingerprint density at radius 2 is 2.00 bits per heavy atom. The van der Waals surface area contributed by atoms with Gasteiger partial charge in [0.25, 0.3) is 0 Å². The molecule has 0 aliphatic carbocycles. The van der Waals surface area contributed by atoms with Crippen molar-refractivity contribution in [3.63, 3.8) is 0 Å². The molecule has 0 bridgehead atoms. The van der Waals surface area contributed by atoms with Crippen LogP contribution in [0, 0.1) is 0 Å². The molecule has 3 rings (SSSR count). The van der Waals surface area contributed by atoms with Crippen molar-refractivity contribution in [2.24, 2.45) is 0 Å². The SMILES string of the molecule is Oc1cccc(-c2nc3ccccn3n2)c1. The van der Waals surface area contributed by atoms with Gasteiger partial charge in [-0.1, -0.05) is 18.2 Å². The first-order valence-corrected chi connectivity index (χ1v) is 4.94. The molecule has 2 aromatic heterocycles. The normalized spacial score (nSPS) is 10.8. The number of pyridine rings is 1. The Balaban J connectivity index is 2.19. The van der Waals surface area contributed by atoms with Gasteiger partial charge in [0, 0.05) is 11.8 Å². The molecule has 0 saturated heterocycles. The highest BCUT2D eigenvalue weighted by atomic mass is 16.3. The van der Waals surface area contributed by atoms with Crippen LogP contribution in [0.1, 0.15) is 0 Å². The van der Waals surface area contributed by atoms with Crippen LogP contribution in [-0.2, 0) is 0 Å². The van der Waals surface area contributed by atoms with Gasteiger partial charge in [0.05, 0.1) is 0 Å². The fourth-order valence-corrected chi connectivity index (χ4v) is 1.60. The van der Waals surface area contributed by atoms with Crippen molar-refractivity contribution in [2.75, 3.05) is 0 Å². The third-order valence-corrected chi connectivity index (χ3v) is 2.35. The molecule has 2 heterocycles. The number of hydrogen-bond acceptors (Lipinski definition) is 3. The summed E-state index contributed by atoms with van der Waals surface area (Å²) in [6.07, 6.45) is 1.84. The van der Waals surface area contributed by atoms with Gasteiger partial charge < -0.3 is 5.11 Å². The van der Waals surface area contributed by atoms with E-state index < -0.39 is 0 Å². The van der Waals surface area contributed by atoms with Crippen LogP contribution >= 0.6 is 0 Å². The number of aromatic hydroxyl groups is 1. The van der Waals surface area contributed by atoms with Crippen molar-refractivity contribution in [1.29, 1.82) is 0 Å². The number of phenols is 1. The fourth-order valence-electron chi connectivity index (χ4n) is 1.60. The van der Waals surface area contributed by atoms with Gasteiger partial charge in [-0.05, 0) is 24.3 Å². The van der Waals surface area contributed by atoms with Gasteiger partial charge >= 0.3 is 0 Å². The topological polar surface area (TPSA) is 50.4 Å². The summed E-state index contributed by atoms with van der Waals surface area (Å²) >= 11 is 0. The maximum Gasteiger partial charge on any atom is 0.182 e. The molecule has 1 N–H and O–H groups in total. The maximum atomic E-state index is 9.39. The Kier molecular flexibility index (Phi) is 1.86. The standard InChI is InChI=1S/C12H9N3O/c16-10-5-3-4-9(8-10)12-13-11-6-1-2-7-15(11)14-12/h1-8,16H. The molecule has 4 heteroatoms. The average Bonchev–Trinajstić information content (AvgIpc) is 2.72. The van der Waals surface area contributed by atoms with Gasteiger partial charge in [0.1, 0.15) is 5.75 Å². The molecule has 3 aromatic rings. The summed E-state index contributed by atoms with van der Waals surface area (Å²) in [4.78, 5) is 4.36. The molecule has 0 aliphatic rings. The van der Waals surface area contributed by atoms with Crippen LogP contribution in [-0.4, -0.2) is 19.7 Å². The van der Waals surface area contributed by atoms with Crippen LogP contribution in [0.25, 0.3) is 17.0 Å². The van der Waals surface area contributed by atoms with Crippen molar-refractivity contribution in [3.8, 4) is 17.1 Å². The molecule has 0 aliphatic heterocycles. The van der Waals surface area contributed by atoms with Gasteiger partial charge in [-0.15, -0.1) is 5.10 Å².